The Labute approximate surface area is 194 Å². The SMILES string of the molecule is C[C@@](CO)(OCC1O[C@@H](n2ncc3c(NC4CCCC4)cc(Cl)nc32)[C@H](O)[C@@H]1O)P(=O)(O)O. The number of fused-ring (bicyclic) bond motifs is 1. The summed E-state index contributed by atoms with van der Waals surface area (Å²) in [6.45, 7) is -0.386. The lowest BCUT2D eigenvalue weighted by atomic mass is 10.1. The molecule has 1 unspecified atom stereocenters. The van der Waals surface area contributed by atoms with E-state index in [1.54, 1.807) is 12.3 Å². The molecule has 1 saturated heterocycles. The Balaban J connectivity index is 1.56. The van der Waals surface area contributed by atoms with Crippen molar-refractivity contribution in [2.24, 2.45) is 0 Å². The van der Waals surface area contributed by atoms with Gasteiger partial charge in [-0.2, -0.15) is 5.10 Å². The normalized spacial score (nSPS) is 28.5. The molecule has 1 saturated carbocycles. The third-order valence-electron chi connectivity index (χ3n) is 6.30. The van der Waals surface area contributed by atoms with Crippen LogP contribution in [0.3, 0.4) is 0 Å². The van der Waals surface area contributed by atoms with E-state index >= 15 is 0 Å². The van der Waals surface area contributed by atoms with Gasteiger partial charge in [0.15, 0.2) is 17.2 Å². The monoisotopic (exact) mass is 506 g/mol. The maximum atomic E-state index is 11.6. The van der Waals surface area contributed by atoms with E-state index in [0.717, 1.165) is 38.3 Å². The molecule has 6 N–H and O–H groups in total. The summed E-state index contributed by atoms with van der Waals surface area (Å²) in [4.78, 5) is 23.2. The molecule has 2 fully saturated rings. The van der Waals surface area contributed by atoms with Crippen LogP contribution in [0.15, 0.2) is 12.3 Å². The van der Waals surface area contributed by atoms with Gasteiger partial charge in [0.1, 0.15) is 23.5 Å². The van der Waals surface area contributed by atoms with Crippen molar-refractivity contribution in [3.05, 3.63) is 17.4 Å². The van der Waals surface area contributed by atoms with Gasteiger partial charge in [-0.15, -0.1) is 0 Å². The fraction of sp³-hybridized carbons (Fsp3) is 0.684. The van der Waals surface area contributed by atoms with Crippen LogP contribution in [-0.2, 0) is 14.0 Å². The largest absolute Gasteiger partial charge is 0.393 e. The number of nitrogens with one attached hydrogen (secondary N) is 1. The molecule has 0 amide bonds. The predicted octanol–water partition coefficient (Wildman–Crippen LogP) is 0.961. The van der Waals surface area contributed by atoms with Crippen LogP contribution >= 0.6 is 19.2 Å². The lowest BCUT2D eigenvalue weighted by Gasteiger charge is -2.29. The molecule has 1 aliphatic carbocycles. The summed E-state index contributed by atoms with van der Waals surface area (Å²) in [6, 6.07) is 2.03. The number of hydrogen-bond acceptors (Lipinski definition) is 9. The van der Waals surface area contributed by atoms with Gasteiger partial charge in [-0.1, -0.05) is 24.4 Å². The highest BCUT2D eigenvalue weighted by atomic mass is 35.5. The Bertz CT molecular complexity index is 1040. The van der Waals surface area contributed by atoms with Gasteiger partial charge >= 0.3 is 7.60 Å². The van der Waals surface area contributed by atoms with Crippen LogP contribution < -0.4 is 5.32 Å². The van der Waals surface area contributed by atoms with Crippen molar-refractivity contribution < 1.29 is 39.1 Å². The first kappa shape index (κ1) is 24.8. The van der Waals surface area contributed by atoms with Crippen LogP contribution in [-0.4, -0.2) is 82.8 Å². The molecule has 33 heavy (non-hydrogen) atoms. The molecule has 0 spiro atoms. The Kier molecular flexibility index (Phi) is 7.03. The Morgan fingerprint density at radius 2 is 2.03 bits per heavy atom. The second-order valence-corrected chi connectivity index (χ2v) is 11.1. The van der Waals surface area contributed by atoms with Crippen molar-refractivity contribution in [1.82, 2.24) is 14.8 Å². The minimum Gasteiger partial charge on any atom is -0.393 e. The quantitative estimate of drug-likeness (QED) is 0.222. The van der Waals surface area contributed by atoms with E-state index in [0.29, 0.717) is 17.1 Å². The van der Waals surface area contributed by atoms with E-state index in [1.165, 1.54) is 4.68 Å². The summed E-state index contributed by atoms with van der Waals surface area (Å²) >= 11 is 6.23. The van der Waals surface area contributed by atoms with Crippen molar-refractivity contribution in [1.29, 1.82) is 0 Å². The first-order valence-electron chi connectivity index (χ1n) is 10.7. The Morgan fingerprint density at radius 1 is 1.33 bits per heavy atom. The van der Waals surface area contributed by atoms with E-state index in [9.17, 15) is 29.7 Å². The minimum absolute atomic E-state index is 0.220. The van der Waals surface area contributed by atoms with Gasteiger partial charge in [-0.25, -0.2) is 9.67 Å². The molecular formula is C19H28ClN4O8P. The van der Waals surface area contributed by atoms with Crippen molar-refractivity contribution in [2.75, 3.05) is 18.5 Å². The molecule has 184 valence electrons. The van der Waals surface area contributed by atoms with Crippen LogP contribution in [0.1, 0.15) is 38.8 Å². The summed E-state index contributed by atoms with van der Waals surface area (Å²) < 4.78 is 23.9. The summed E-state index contributed by atoms with van der Waals surface area (Å²) in [5, 5.41) is 36.9. The standard InChI is InChI=1S/C19H28ClN4O8P/c1-19(9-25,33(28,29)30)31-8-13-15(26)16(27)18(32-13)24-17-11(7-21-24)12(6-14(20)23-17)22-10-4-2-3-5-10/h6-7,10,13,15-16,18,25-27H,2-5,8-9H2,1H3,(H,22,23)(H2,28,29,30)/t13?,15-,16-,18-,19-/m1/s1. The number of rotatable bonds is 8. The topological polar surface area (TPSA) is 179 Å². The Hall–Kier alpha value is -1.34. The van der Waals surface area contributed by atoms with Crippen molar-refractivity contribution in [2.45, 2.75) is 68.5 Å². The molecule has 0 radical (unpaired) electrons. The number of anilines is 1. The number of hydrogen-bond donors (Lipinski definition) is 6. The average Bonchev–Trinajstić information content (AvgIpc) is 3.47. The van der Waals surface area contributed by atoms with Crippen molar-refractivity contribution in [3.63, 3.8) is 0 Å². The molecule has 5 atom stereocenters. The molecule has 4 rings (SSSR count). The van der Waals surface area contributed by atoms with Gasteiger partial charge < -0.3 is 39.9 Å². The minimum atomic E-state index is -4.82. The van der Waals surface area contributed by atoms with Crippen molar-refractivity contribution >= 4 is 35.9 Å². The van der Waals surface area contributed by atoms with Gasteiger partial charge in [0.25, 0.3) is 0 Å². The zero-order valence-corrected chi connectivity index (χ0v) is 19.6. The molecule has 3 heterocycles. The molecule has 0 aromatic carbocycles. The van der Waals surface area contributed by atoms with E-state index < -0.39 is 50.7 Å². The number of aliphatic hydroxyl groups excluding tert-OH is 3. The number of halogens is 1. The number of aliphatic hydroxyl groups is 3. The maximum Gasteiger partial charge on any atom is 0.359 e. The van der Waals surface area contributed by atoms with Gasteiger partial charge in [-0.05, 0) is 25.8 Å². The lowest BCUT2D eigenvalue weighted by molar-refractivity contribution is -0.104. The fourth-order valence-electron chi connectivity index (χ4n) is 4.14. The molecule has 2 aromatic heterocycles. The number of aromatic nitrogens is 3. The second-order valence-electron chi connectivity index (χ2n) is 8.68. The van der Waals surface area contributed by atoms with Gasteiger partial charge in [0, 0.05) is 6.04 Å². The smallest absolute Gasteiger partial charge is 0.359 e. The third kappa shape index (κ3) is 4.77. The van der Waals surface area contributed by atoms with Gasteiger partial charge in [0.2, 0.25) is 0 Å². The molecule has 0 bridgehead atoms. The summed E-state index contributed by atoms with van der Waals surface area (Å²) in [6.07, 6.45) is 0.820. The summed E-state index contributed by atoms with van der Waals surface area (Å²) in [7, 11) is -4.82. The van der Waals surface area contributed by atoms with Crippen molar-refractivity contribution in [3.8, 4) is 0 Å². The summed E-state index contributed by atoms with van der Waals surface area (Å²) in [5.74, 6) is 0. The molecule has 2 aliphatic rings. The number of pyridine rings is 1. The van der Waals surface area contributed by atoms with E-state index in [-0.39, 0.29) is 5.15 Å². The zero-order valence-electron chi connectivity index (χ0n) is 17.9. The Morgan fingerprint density at radius 3 is 2.67 bits per heavy atom. The van der Waals surface area contributed by atoms with E-state index in [1.807, 2.05) is 0 Å². The second kappa shape index (κ2) is 9.37. The maximum absolute atomic E-state index is 11.6. The molecule has 1 aliphatic heterocycles. The van der Waals surface area contributed by atoms with Gasteiger partial charge in [-0.3, -0.25) is 4.57 Å². The highest BCUT2D eigenvalue weighted by Gasteiger charge is 2.48. The van der Waals surface area contributed by atoms with Crippen LogP contribution in [0.25, 0.3) is 11.0 Å². The number of ether oxygens (including phenoxy) is 2. The lowest BCUT2D eigenvalue weighted by Crippen LogP contribution is -2.39. The number of nitrogens with zero attached hydrogens (tertiary/aromatic N) is 3. The highest BCUT2D eigenvalue weighted by molar-refractivity contribution is 7.53. The van der Waals surface area contributed by atoms with Gasteiger partial charge in [0.05, 0.1) is 30.5 Å². The van der Waals surface area contributed by atoms with Crippen LogP contribution in [0, 0.1) is 0 Å². The molecule has 14 heteroatoms. The predicted molar refractivity (Wildman–Crippen MR) is 118 cm³/mol. The molecule has 2 aromatic rings. The highest BCUT2D eigenvalue weighted by Crippen LogP contribution is 2.51. The van der Waals surface area contributed by atoms with Crippen LogP contribution in [0.4, 0.5) is 5.69 Å². The first-order valence-corrected chi connectivity index (χ1v) is 12.7. The average molecular weight is 507 g/mol. The van der Waals surface area contributed by atoms with E-state index in [4.69, 9.17) is 21.1 Å². The zero-order chi connectivity index (χ0) is 24.0. The fourth-order valence-corrected chi connectivity index (χ4v) is 4.75. The molecular weight excluding hydrogens is 479 g/mol. The third-order valence-corrected chi connectivity index (χ3v) is 7.99. The molecule has 12 nitrogen and oxygen atoms in total. The van der Waals surface area contributed by atoms with Crippen LogP contribution in [0.2, 0.25) is 5.15 Å². The van der Waals surface area contributed by atoms with Crippen LogP contribution in [0.5, 0.6) is 0 Å². The summed E-state index contributed by atoms with van der Waals surface area (Å²) in [5.41, 5.74) is 1.10. The van der Waals surface area contributed by atoms with E-state index in [2.05, 4.69) is 15.4 Å². The first-order chi connectivity index (χ1) is 15.5.